The highest BCUT2D eigenvalue weighted by Crippen LogP contribution is 2.25. The summed E-state index contributed by atoms with van der Waals surface area (Å²) in [6.45, 7) is 4.87. The van der Waals surface area contributed by atoms with Gasteiger partial charge in [-0.25, -0.2) is 8.42 Å². The van der Waals surface area contributed by atoms with E-state index in [1.165, 1.54) is 12.8 Å². The van der Waals surface area contributed by atoms with Crippen molar-refractivity contribution < 1.29 is 13.2 Å². The standard InChI is InChI=1S/C13H27NO3S/c1-2-17-10-5-8-14-9-11-18(15,16)12-13-6-3-4-7-13/h13-14H,2-12H2,1H3. The molecule has 0 bridgehead atoms. The zero-order valence-corrected chi connectivity index (χ0v) is 12.3. The molecule has 0 aliphatic heterocycles. The number of sulfone groups is 1. The van der Waals surface area contributed by atoms with Gasteiger partial charge >= 0.3 is 0 Å². The molecule has 0 unspecified atom stereocenters. The van der Waals surface area contributed by atoms with Gasteiger partial charge in [0.2, 0.25) is 0 Å². The number of ether oxygens (including phenoxy) is 1. The molecule has 5 heteroatoms. The van der Waals surface area contributed by atoms with Crippen LogP contribution in [0.2, 0.25) is 0 Å². The lowest BCUT2D eigenvalue weighted by Crippen LogP contribution is -2.27. The van der Waals surface area contributed by atoms with Crippen molar-refractivity contribution in [3.63, 3.8) is 0 Å². The molecule has 0 spiro atoms. The van der Waals surface area contributed by atoms with E-state index in [1.54, 1.807) is 0 Å². The lowest BCUT2D eigenvalue weighted by atomic mass is 10.1. The Morgan fingerprint density at radius 2 is 1.94 bits per heavy atom. The molecule has 0 amide bonds. The summed E-state index contributed by atoms with van der Waals surface area (Å²) in [6, 6.07) is 0. The van der Waals surface area contributed by atoms with Gasteiger partial charge in [-0.3, -0.25) is 0 Å². The molecule has 0 heterocycles. The summed E-state index contributed by atoms with van der Waals surface area (Å²) in [6.07, 6.45) is 5.55. The van der Waals surface area contributed by atoms with Gasteiger partial charge in [-0.2, -0.15) is 0 Å². The van der Waals surface area contributed by atoms with Crippen molar-refractivity contribution in [1.29, 1.82) is 0 Å². The van der Waals surface area contributed by atoms with Gasteiger partial charge in [-0.05, 0) is 38.6 Å². The molecule has 0 saturated heterocycles. The van der Waals surface area contributed by atoms with Gasteiger partial charge in [0.1, 0.15) is 0 Å². The van der Waals surface area contributed by atoms with Crippen molar-refractivity contribution >= 4 is 9.84 Å². The van der Waals surface area contributed by atoms with Crippen LogP contribution in [0.15, 0.2) is 0 Å². The molecule has 4 nitrogen and oxygen atoms in total. The van der Waals surface area contributed by atoms with Crippen molar-refractivity contribution in [2.45, 2.75) is 39.0 Å². The highest BCUT2D eigenvalue weighted by atomic mass is 32.2. The van der Waals surface area contributed by atoms with E-state index < -0.39 is 9.84 Å². The molecule has 0 aromatic heterocycles. The Morgan fingerprint density at radius 3 is 2.61 bits per heavy atom. The lowest BCUT2D eigenvalue weighted by Gasteiger charge is -2.10. The normalized spacial score (nSPS) is 17.4. The molecule has 1 N–H and O–H groups in total. The molecular formula is C13H27NO3S. The minimum Gasteiger partial charge on any atom is -0.382 e. The summed E-state index contributed by atoms with van der Waals surface area (Å²) in [5.41, 5.74) is 0. The van der Waals surface area contributed by atoms with E-state index in [9.17, 15) is 8.42 Å². The fraction of sp³-hybridized carbons (Fsp3) is 1.00. The van der Waals surface area contributed by atoms with E-state index >= 15 is 0 Å². The summed E-state index contributed by atoms with van der Waals surface area (Å²) in [4.78, 5) is 0. The minimum atomic E-state index is -2.86. The Hall–Kier alpha value is -0.130. The molecule has 1 fully saturated rings. The Bertz CT molecular complexity index is 297. The fourth-order valence-electron chi connectivity index (χ4n) is 2.42. The van der Waals surface area contributed by atoms with Crippen molar-refractivity contribution in [3.05, 3.63) is 0 Å². The van der Waals surface area contributed by atoms with Gasteiger partial charge in [0.25, 0.3) is 0 Å². The maximum Gasteiger partial charge on any atom is 0.151 e. The van der Waals surface area contributed by atoms with Crippen LogP contribution in [0.1, 0.15) is 39.0 Å². The van der Waals surface area contributed by atoms with Crippen molar-refractivity contribution in [2.75, 3.05) is 37.8 Å². The third kappa shape index (κ3) is 7.34. The second-order valence-corrected chi connectivity index (χ2v) is 7.29. The van der Waals surface area contributed by atoms with E-state index in [4.69, 9.17) is 4.74 Å². The van der Waals surface area contributed by atoms with Crippen LogP contribution in [0.4, 0.5) is 0 Å². The van der Waals surface area contributed by atoms with Gasteiger partial charge < -0.3 is 10.1 Å². The zero-order chi connectivity index (χ0) is 13.3. The number of hydrogen-bond donors (Lipinski definition) is 1. The van der Waals surface area contributed by atoms with Gasteiger partial charge in [0.05, 0.1) is 11.5 Å². The van der Waals surface area contributed by atoms with Crippen molar-refractivity contribution in [2.24, 2.45) is 5.92 Å². The van der Waals surface area contributed by atoms with Gasteiger partial charge in [0.15, 0.2) is 9.84 Å². The fourth-order valence-corrected chi connectivity index (χ4v) is 4.09. The summed E-state index contributed by atoms with van der Waals surface area (Å²) in [7, 11) is -2.86. The second kappa shape index (κ2) is 8.88. The van der Waals surface area contributed by atoms with Crippen LogP contribution >= 0.6 is 0 Å². The third-order valence-corrected chi connectivity index (χ3v) is 5.21. The predicted octanol–water partition coefficient (Wildman–Crippen LogP) is 1.61. The average Bonchev–Trinajstić information content (AvgIpc) is 2.80. The second-order valence-electron chi connectivity index (χ2n) is 5.07. The molecule has 1 rings (SSSR count). The monoisotopic (exact) mass is 277 g/mol. The Morgan fingerprint density at radius 1 is 1.22 bits per heavy atom. The maximum absolute atomic E-state index is 11.9. The molecule has 1 aliphatic rings. The van der Waals surface area contributed by atoms with Crippen LogP contribution in [0.25, 0.3) is 0 Å². The number of rotatable bonds is 10. The molecular weight excluding hydrogens is 250 g/mol. The topological polar surface area (TPSA) is 55.4 Å². The quantitative estimate of drug-likeness (QED) is 0.616. The smallest absolute Gasteiger partial charge is 0.151 e. The molecule has 108 valence electrons. The van der Waals surface area contributed by atoms with Crippen LogP contribution in [-0.2, 0) is 14.6 Å². The van der Waals surface area contributed by atoms with Crippen LogP contribution in [0, 0.1) is 5.92 Å². The highest BCUT2D eigenvalue weighted by Gasteiger charge is 2.21. The van der Waals surface area contributed by atoms with Crippen LogP contribution < -0.4 is 5.32 Å². The molecule has 1 saturated carbocycles. The number of hydrogen-bond acceptors (Lipinski definition) is 4. The summed E-state index contributed by atoms with van der Waals surface area (Å²) in [5.74, 6) is 1.10. The Labute approximate surface area is 111 Å². The summed E-state index contributed by atoms with van der Waals surface area (Å²) < 4.78 is 28.9. The van der Waals surface area contributed by atoms with E-state index in [-0.39, 0.29) is 5.75 Å². The van der Waals surface area contributed by atoms with Crippen LogP contribution in [-0.4, -0.2) is 46.2 Å². The molecule has 0 radical (unpaired) electrons. The van der Waals surface area contributed by atoms with E-state index in [2.05, 4.69) is 5.32 Å². The SMILES string of the molecule is CCOCCCNCCS(=O)(=O)CC1CCCC1. The average molecular weight is 277 g/mol. The first-order chi connectivity index (χ1) is 8.64. The van der Waals surface area contributed by atoms with E-state index in [0.717, 1.165) is 39.0 Å². The first-order valence-electron chi connectivity index (χ1n) is 7.13. The van der Waals surface area contributed by atoms with Crippen LogP contribution in [0.3, 0.4) is 0 Å². The lowest BCUT2D eigenvalue weighted by molar-refractivity contribution is 0.145. The zero-order valence-electron chi connectivity index (χ0n) is 11.5. The first-order valence-corrected chi connectivity index (χ1v) is 8.95. The highest BCUT2D eigenvalue weighted by molar-refractivity contribution is 7.91. The van der Waals surface area contributed by atoms with Gasteiger partial charge in [0, 0.05) is 19.8 Å². The Balaban J connectivity index is 2.02. The Kier molecular flexibility index (Phi) is 7.86. The van der Waals surface area contributed by atoms with Gasteiger partial charge in [-0.1, -0.05) is 12.8 Å². The predicted molar refractivity (Wildman–Crippen MR) is 74.6 cm³/mol. The molecule has 1 aliphatic carbocycles. The van der Waals surface area contributed by atoms with Crippen LogP contribution in [0.5, 0.6) is 0 Å². The summed E-state index contributed by atoms with van der Waals surface area (Å²) >= 11 is 0. The molecule has 18 heavy (non-hydrogen) atoms. The number of nitrogens with one attached hydrogen (secondary N) is 1. The largest absolute Gasteiger partial charge is 0.382 e. The molecule has 0 aromatic rings. The van der Waals surface area contributed by atoms with Crippen molar-refractivity contribution in [1.82, 2.24) is 5.32 Å². The maximum atomic E-state index is 11.9. The van der Waals surface area contributed by atoms with E-state index in [0.29, 0.717) is 18.2 Å². The van der Waals surface area contributed by atoms with E-state index in [1.807, 2.05) is 6.92 Å². The first kappa shape index (κ1) is 15.9. The minimum absolute atomic E-state index is 0.276. The molecule has 0 atom stereocenters. The molecule has 0 aromatic carbocycles. The van der Waals surface area contributed by atoms with Crippen molar-refractivity contribution in [3.8, 4) is 0 Å². The van der Waals surface area contributed by atoms with Gasteiger partial charge in [-0.15, -0.1) is 0 Å². The third-order valence-electron chi connectivity index (χ3n) is 3.40. The summed E-state index contributed by atoms with van der Waals surface area (Å²) in [5, 5.41) is 3.17.